The number of thiophene rings is 1. The Morgan fingerprint density at radius 2 is 1.83 bits per heavy atom. The molecule has 0 aliphatic rings. The Hall–Kier alpha value is -3.71. The van der Waals surface area contributed by atoms with E-state index in [1.807, 2.05) is 30.3 Å². The third-order valence-electron chi connectivity index (χ3n) is 4.36. The fraction of sp³-hybridized carbons (Fsp3) is 0.0870. The Kier molecular flexibility index (Phi) is 5.72. The summed E-state index contributed by atoms with van der Waals surface area (Å²) in [5, 5.41) is 0.832. The van der Waals surface area contributed by atoms with Crippen molar-refractivity contribution in [2.45, 2.75) is 0 Å². The summed E-state index contributed by atoms with van der Waals surface area (Å²) in [4.78, 5) is 21.9. The number of fused-ring (bicyclic) bond motifs is 1. The van der Waals surface area contributed by atoms with Gasteiger partial charge < -0.3 is 14.2 Å². The highest BCUT2D eigenvalue weighted by Crippen LogP contribution is 2.39. The molecule has 0 spiro atoms. The summed E-state index contributed by atoms with van der Waals surface area (Å²) in [7, 11) is 2.89. The van der Waals surface area contributed by atoms with Gasteiger partial charge in [0, 0.05) is 11.0 Å². The fourth-order valence-corrected chi connectivity index (χ4v) is 3.86. The van der Waals surface area contributed by atoms with Crippen LogP contribution < -0.4 is 9.47 Å². The molecule has 0 saturated heterocycles. The number of hydrogen-bond acceptors (Lipinski definition) is 7. The summed E-state index contributed by atoms with van der Waals surface area (Å²) < 4.78 is 16.2. The summed E-state index contributed by atoms with van der Waals surface area (Å²) in [6.45, 7) is 0. The van der Waals surface area contributed by atoms with Crippen LogP contribution in [-0.4, -0.2) is 30.2 Å². The van der Waals surface area contributed by atoms with Gasteiger partial charge in [-0.2, -0.15) is 0 Å². The third-order valence-corrected chi connectivity index (χ3v) is 5.45. The predicted octanol–water partition coefficient (Wildman–Crippen LogP) is 5.35. The van der Waals surface area contributed by atoms with Gasteiger partial charge in [-0.3, -0.25) is 0 Å². The average molecular weight is 418 g/mol. The molecule has 0 amide bonds. The van der Waals surface area contributed by atoms with E-state index in [9.17, 15) is 4.79 Å². The summed E-state index contributed by atoms with van der Waals surface area (Å²) in [6.07, 6.45) is 4.48. The molecule has 0 saturated carbocycles. The number of ether oxygens (including phenoxy) is 3. The molecule has 4 aromatic rings. The van der Waals surface area contributed by atoms with Gasteiger partial charge >= 0.3 is 5.97 Å². The first kappa shape index (κ1) is 19.6. The number of benzene rings is 2. The van der Waals surface area contributed by atoms with Crippen LogP contribution in [0.5, 0.6) is 17.4 Å². The number of aromatic nitrogens is 2. The van der Waals surface area contributed by atoms with Gasteiger partial charge in [0.1, 0.15) is 11.2 Å². The van der Waals surface area contributed by atoms with E-state index in [0.29, 0.717) is 17.4 Å². The standard InChI is InChI=1S/C23H18N2O4S/c1-27-19-12-15(9-11-21(26)28-2)8-10-18(19)29-22-17-13-20(16-6-4-3-5-7-16)30-23(17)25-14-24-22/h3-14H,1-2H3/b11-9+. The van der Waals surface area contributed by atoms with Crippen LogP contribution in [0.4, 0.5) is 0 Å². The van der Waals surface area contributed by atoms with E-state index in [2.05, 4.69) is 26.8 Å². The SMILES string of the molecule is COC(=O)/C=C/c1ccc(Oc2ncnc3sc(-c4ccccc4)cc23)c(OC)c1. The fourth-order valence-electron chi connectivity index (χ4n) is 2.87. The van der Waals surface area contributed by atoms with Gasteiger partial charge in [-0.05, 0) is 35.4 Å². The van der Waals surface area contributed by atoms with Gasteiger partial charge in [0.25, 0.3) is 0 Å². The maximum atomic E-state index is 11.3. The van der Waals surface area contributed by atoms with Crippen molar-refractivity contribution < 1.29 is 19.0 Å². The van der Waals surface area contributed by atoms with Crippen molar-refractivity contribution >= 4 is 33.6 Å². The molecule has 7 heteroatoms. The van der Waals surface area contributed by atoms with E-state index in [1.165, 1.54) is 19.5 Å². The lowest BCUT2D eigenvalue weighted by Gasteiger charge is -2.10. The molecule has 4 rings (SSSR count). The molecule has 0 fully saturated rings. The van der Waals surface area contributed by atoms with Crippen LogP contribution in [0.3, 0.4) is 0 Å². The van der Waals surface area contributed by atoms with E-state index in [-0.39, 0.29) is 0 Å². The van der Waals surface area contributed by atoms with Crippen LogP contribution in [0.1, 0.15) is 5.56 Å². The monoisotopic (exact) mass is 418 g/mol. The largest absolute Gasteiger partial charge is 0.493 e. The molecule has 0 aliphatic heterocycles. The van der Waals surface area contributed by atoms with Crippen LogP contribution in [0.2, 0.25) is 0 Å². The number of rotatable bonds is 6. The van der Waals surface area contributed by atoms with E-state index < -0.39 is 5.97 Å². The highest BCUT2D eigenvalue weighted by molar-refractivity contribution is 7.21. The number of methoxy groups -OCH3 is 2. The van der Waals surface area contributed by atoms with Crippen molar-refractivity contribution in [1.82, 2.24) is 9.97 Å². The zero-order valence-corrected chi connectivity index (χ0v) is 17.2. The van der Waals surface area contributed by atoms with Crippen molar-refractivity contribution in [1.29, 1.82) is 0 Å². The highest BCUT2D eigenvalue weighted by atomic mass is 32.1. The summed E-state index contributed by atoms with van der Waals surface area (Å²) >= 11 is 1.58. The Balaban J connectivity index is 1.66. The molecule has 0 bridgehead atoms. The Morgan fingerprint density at radius 1 is 1.00 bits per heavy atom. The Labute approximate surface area is 177 Å². The van der Waals surface area contributed by atoms with Gasteiger partial charge in [-0.15, -0.1) is 11.3 Å². The first-order valence-electron chi connectivity index (χ1n) is 9.10. The van der Waals surface area contributed by atoms with Gasteiger partial charge in [0.2, 0.25) is 5.88 Å². The topological polar surface area (TPSA) is 70.5 Å². The second kappa shape index (κ2) is 8.75. The normalized spacial score (nSPS) is 11.0. The zero-order valence-electron chi connectivity index (χ0n) is 16.4. The predicted molar refractivity (Wildman–Crippen MR) is 117 cm³/mol. The van der Waals surface area contributed by atoms with Crippen molar-refractivity contribution in [2.24, 2.45) is 0 Å². The average Bonchev–Trinajstić information content (AvgIpc) is 3.24. The minimum Gasteiger partial charge on any atom is -0.493 e. The maximum absolute atomic E-state index is 11.3. The summed E-state index contributed by atoms with van der Waals surface area (Å²) in [6, 6.07) is 17.5. The van der Waals surface area contributed by atoms with Gasteiger partial charge in [-0.1, -0.05) is 36.4 Å². The van der Waals surface area contributed by atoms with E-state index in [4.69, 9.17) is 9.47 Å². The van der Waals surface area contributed by atoms with Crippen molar-refractivity contribution in [3.8, 4) is 27.8 Å². The molecule has 0 radical (unpaired) electrons. The molecule has 2 aromatic heterocycles. The molecule has 2 aromatic carbocycles. The molecular formula is C23H18N2O4S. The van der Waals surface area contributed by atoms with Gasteiger partial charge in [0.15, 0.2) is 11.5 Å². The van der Waals surface area contributed by atoms with Crippen LogP contribution in [0.15, 0.2) is 67.0 Å². The Morgan fingerprint density at radius 3 is 2.60 bits per heavy atom. The number of hydrogen-bond donors (Lipinski definition) is 0. The molecular weight excluding hydrogens is 400 g/mol. The van der Waals surface area contributed by atoms with E-state index in [0.717, 1.165) is 26.2 Å². The Bertz CT molecular complexity index is 1220. The molecule has 0 unspecified atom stereocenters. The lowest BCUT2D eigenvalue weighted by molar-refractivity contribution is -0.134. The van der Waals surface area contributed by atoms with Crippen LogP contribution in [-0.2, 0) is 9.53 Å². The molecule has 0 N–H and O–H groups in total. The van der Waals surface area contributed by atoms with Crippen LogP contribution in [0, 0.1) is 0 Å². The minimum absolute atomic E-state index is 0.427. The number of carbonyl (C=O) groups excluding carboxylic acids is 1. The molecule has 0 atom stereocenters. The molecule has 0 aliphatic carbocycles. The zero-order chi connectivity index (χ0) is 20.9. The van der Waals surface area contributed by atoms with Crippen molar-refractivity contribution in [2.75, 3.05) is 14.2 Å². The smallest absolute Gasteiger partial charge is 0.330 e. The molecule has 150 valence electrons. The first-order valence-corrected chi connectivity index (χ1v) is 9.91. The second-order valence-corrected chi connectivity index (χ2v) is 7.27. The highest BCUT2D eigenvalue weighted by Gasteiger charge is 2.14. The third kappa shape index (κ3) is 4.16. The number of carbonyl (C=O) groups is 1. The quantitative estimate of drug-likeness (QED) is 0.311. The van der Waals surface area contributed by atoms with Gasteiger partial charge in [-0.25, -0.2) is 14.8 Å². The molecule has 6 nitrogen and oxygen atoms in total. The van der Waals surface area contributed by atoms with Crippen molar-refractivity contribution in [3.05, 3.63) is 72.6 Å². The number of nitrogens with zero attached hydrogens (tertiary/aromatic N) is 2. The molecule has 30 heavy (non-hydrogen) atoms. The van der Waals surface area contributed by atoms with Crippen LogP contribution >= 0.6 is 11.3 Å². The lowest BCUT2D eigenvalue weighted by Crippen LogP contribution is -1.95. The minimum atomic E-state index is -0.427. The van der Waals surface area contributed by atoms with Crippen molar-refractivity contribution in [3.63, 3.8) is 0 Å². The number of esters is 1. The summed E-state index contributed by atoms with van der Waals surface area (Å²) in [5.74, 6) is 1.06. The first-order chi connectivity index (χ1) is 14.7. The lowest BCUT2D eigenvalue weighted by atomic mass is 10.2. The maximum Gasteiger partial charge on any atom is 0.330 e. The van der Waals surface area contributed by atoms with Crippen LogP contribution in [0.25, 0.3) is 26.7 Å². The van der Waals surface area contributed by atoms with E-state index in [1.54, 1.807) is 36.7 Å². The van der Waals surface area contributed by atoms with E-state index >= 15 is 0 Å². The van der Waals surface area contributed by atoms with Gasteiger partial charge in [0.05, 0.1) is 19.6 Å². The summed E-state index contributed by atoms with van der Waals surface area (Å²) in [5.41, 5.74) is 1.89. The molecule has 2 heterocycles. The second-order valence-electron chi connectivity index (χ2n) is 6.24.